The van der Waals surface area contributed by atoms with Crippen LogP contribution in [0.2, 0.25) is 5.02 Å². The minimum Gasteiger partial charge on any atom is -0.497 e. The lowest BCUT2D eigenvalue weighted by atomic mass is 10.2. The Hall–Kier alpha value is -3.31. The lowest BCUT2D eigenvalue weighted by molar-refractivity contribution is 0.101. The van der Waals surface area contributed by atoms with Crippen LogP contribution < -0.4 is 15.4 Å². The normalized spacial score (nSPS) is 10.1. The largest absolute Gasteiger partial charge is 0.497 e. The van der Waals surface area contributed by atoms with Crippen molar-refractivity contribution in [2.75, 3.05) is 17.7 Å². The zero-order chi connectivity index (χ0) is 19.2. The van der Waals surface area contributed by atoms with Crippen molar-refractivity contribution in [3.63, 3.8) is 0 Å². The molecule has 0 aliphatic rings. The van der Waals surface area contributed by atoms with Crippen LogP contribution in [-0.2, 0) is 0 Å². The second-order valence-corrected chi connectivity index (χ2v) is 6.16. The molecule has 27 heavy (non-hydrogen) atoms. The Morgan fingerprint density at radius 3 is 1.96 bits per heavy atom. The van der Waals surface area contributed by atoms with E-state index in [4.69, 9.17) is 16.3 Å². The second-order valence-electron chi connectivity index (χ2n) is 5.73. The van der Waals surface area contributed by atoms with E-state index >= 15 is 0 Å². The third kappa shape index (κ3) is 4.86. The molecule has 0 saturated carbocycles. The SMILES string of the molecule is COc1ccc(C(=O)Nc2cccc(NC(=O)c3cccc(Cl)c3)c2)cc1. The van der Waals surface area contributed by atoms with Gasteiger partial charge in [0.1, 0.15) is 5.75 Å². The molecule has 0 saturated heterocycles. The quantitative estimate of drug-likeness (QED) is 0.664. The molecule has 2 amide bonds. The highest BCUT2D eigenvalue weighted by Gasteiger charge is 2.09. The zero-order valence-electron chi connectivity index (χ0n) is 14.5. The smallest absolute Gasteiger partial charge is 0.255 e. The summed E-state index contributed by atoms with van der Waals surface area (Å²) in [6.45, 7) is 0. The van der Waals surface area contributed by atoms with E-state index in [2.05, 4.69) is 10.6 Å². The maximum absolute atomic E-state index is 12.4. The predicted octanol–water partition coefficient (Wildman–Crippen LogP) is 4.85. The number of halogens is 1. The lowest BCUT2D eigenvalue weighted by Gasteiger charge is -2.09. The average molecular weight is 381 g/mol. The molecule has 0 heterocycles. The minimum atomic E-state index is -0.281. The molecule has 0 aliphatic carbocycles. The highest BCUT2D eigenvalue weighted by Crippen LogP contribution is 2.19. The van der Waals surface area contributed by atoms with E-state index in [0.29, 0.717) is 33.3 Å². The van der Waals surface area contributed by atoms with E-state index in [9.17, 15) is 9.59 Å². The summed E-state index contributed by atoms with van der Waals surface area (Å²) in [5, 5.41) is 6.08. The topological polar surface area (TPSA) is 67.4 Å². The van der Waals surface area contributed by atoms with Crippen LogP contribution in [-0.4, -0.2) is 18.9 Å². The maximum atomic E-state index is 12.4. The Morgan fingerprint density at radius 1 is 0.778 bits per heavy atom. The van der Waals surface area contributed by atoms with Gasteiger partial charge in [0.05, 0.1) is 7.11 Å². The number of benzene rings is 3. The number of hydrogen-bond acceptors (Lipinski definition) is 3. The van der Waals surface area contributed by atoms with Crippen molar-refractivity contribution in [3.8, 4) is 5.75 Å². The van der Waals surface area contributed by atoms with Crippen LogP contribution in [0, 0.1) is 0 Å². The number of anilines is 2. The summed E-state index contributed by atoms with van der Waals surface area (Å²) in [6, 6.07) is 20.4. The minimum absolute atomic E-state index is 0.254. The van der Waals surface area contributed by atoms with Gasteiger partial charge in [-0.3, -0.25) is 9.59 Å². The van der Waals surface area contributed by atoms with Gasteiger partial charge in [0.25, 0.3) is 11.8 Å². The number of ether oxygens (including phenoxy) is 1. The Balaban J connectivity index is 1.69. The third-order valence-electron chi connectivity index (χ3n) is 3.82. The number of carbonyl (C=O) groups excluding carboxylic acids is 2. The van der Waals surface area contributed by atoms with Crippen LogP contribution in [0.1, 0.15) is 20.7 Å². The standard InChI is InChI=1S/C21H17ClN2O3/c1-27-19-10-8-14(9-11-19)20(25)23-17-6-3-7-18(13-17)24-21(26)15-4-2-5-16(22)12-15/h2-13H,1H3,(H,23,25)(H,24,26). The first-order valence-corrected chi connectivity index (χ1v) is 8.55. The summed E-state index contributed by atoms with van der Waals surface area (Å²) in [5.41, 5.74) is 2.09. The molecule has 0 spiro atoms. The van der Waals surface area contributed by atoms with Crippen LogP contribution in [0.15, 0.2) is 72.8 Å². The van der Waals surface area contributed by atoms with Crippen molar-refractivity contribution in [2.24, 2.45) is 0 Å². The van der Waals surface area contributed by atoms with Gasteiger partial charge in [0.15, 0.2) is 0 Å². The summed E-state index contributed by atoms with van der Waals surface area (Å²) >= 11 is 5.92. The van der Waals surface area contributed by atoms with E-state index in [0.717, 1.165) is 0 Å². The number of amides is 2. The summed E-state index contributed by atoms with van der Waals surface area (Å²) in [5.74, 6) is 0.143. The summed E-state index contributed by atoms with van der Waals surface area (Å²) < 4.78 is 5.08. The van der Waals surface area contributed by atoms with Crippen LogP contribution in [0.4, 0.5) is 11.4 Å². The molecule has 0 fully saturated rings. The van der Waals surface area contributed by atoms with E-state index in [-0.39, 0.29) is 11.8 Å². The second kappa shape index (κ2) is 8.38. The zero-order valence-corrected chi connectivity index (χ0v) is 15.3. The number of methoxy groups -OCH3 is 1. The predicted molar refractivity (Wildman–Crippen MR) is 107 cm³/mol. The van der Waals surface area contributed by atoms with Crippen molar-refractivity contribution < 1.29 is 14.3 Å². The van der Waals surface area contributed by atoms with Crippen molar-refractivity contribution in [1.82, 2.24) is 0 Å². The molecule has 0 aliphatic heterocycles. The molecule has 6 heteroatoms. The van der Waals surface area contributed by atoms with Crippen LogP contribution in [0.5, 0.6) is 5.75 Å². The number of hydrogen-bond donors (Lipinski definition) is 2. The molecule has 3 aromatic carbocycles. The summed E-state index contributed by atoms with van der Waals surface area (Å²) in [6.07, 6.45) is 0. The summed E-state index contributed by atoms with van der Waals surface area (Å²) in [7, 11) is 1.57. The molecule has 0 bridgehead atoms. The molecule has 3 rings (SSSR count). The van der Waals surface area contributed by atoms with Gasteiger partial charge in [-0.25, -0.2) is 0 Å². The van der Waals surface area contributed by atoms with Gasteiger partial charge >= 0.3 is 0 Å². The fourth-order valence-corrected chi connectivity index (χ4v) is 2.64. The highest BCUT2D eigenvalue weighted by molar-refractivity contribution is 6.31. The molecule has 0 atom stereocenters. The van der Waals surface area contributed by atoms with E-state index in [1.807, 2.05) is 0 Å². The van der Waals surface area contributed by atoms with Crippen molar-refractivity contribution in [3.05, 3.63) is 88.9 Å². The first-order chi connectivity index (χ1) is 13.0. The van der Waals surface area contributed by atoms with Gasteiger partial charge in [-0.1, -0.05) is 23.7 Å². The monoisotopic (exact) mass is 380 g/mol. The first-order valence-electron chi connectivity index (χ1n) is 8.17. The molecule has 2 N–H and O–H groups in total. The lowest BCUT2D eigenvalue weighted by Crippen LogP contribution is -2.14. The maximum Gasteiger partial charge on any atom is 0.255 e. The van der Waals surface area contributed by atoms with Gasteiger partial charge in [-0.15, -0.1) is 0 Å². The fraction of sp³-hybridized carbons (Fsp3) is 0.0476. The number of rotatable bonds is 5. The Labute approximate surface area is 161 Å². The van der Waals surface area contributed by atoms with Crippen molar-refractivity contribution in [1.29, 1.82) is 0 Å². The molecule has 136 valence electrons. The van der Waals surface area contributed by atoms with Gasteiger partial charge in [-0.2, -0.15) is 0 Å². The molecule has 0 aromatic heterocycles. The Bertz CT molecular complexity index is 971. The fourth-order valence-electron chi connectivity index (χ4n) is 2.45. The highest BCUT2D eigenvalue weighted by atomic mass is 35.5. The van der Waals surface area contributed by atoms with Gasteiger partial charge < -0.3 is 15.4 Å². The van der Waals surface area contributed by atoms with Crippen LogP contribution in [0.3, 0.4) is 0 Å². The number of carbonyl (C=O) groups is 2. The van der Waals surface area contributed by atoms with E-state index in [1.54, 1.807) is 79.9 Å². The molecular weight excluding hydrogens is 364 g/mol. The average Bonchev–Trinajstić information content (AvgIpc) is 2.68. The third-order valence-corrected chi connectivity index (χ3v) is 4.05. The Kier molecular flexibility index (Phi) is 5.74. The number of nitrogens with one attached hydrogen (secondary N) is 2. The van der Waals surface area contributed by atoms with E-state index < -0.39 is 0 Å². The molecule has 5 nitrogen and oxygen atoms in total. The van der Waals surface area contributed by atoms with Gasteiger partial charge in [0, 0.05) is 27.5 Å². The Morgan fingerprint density at radius 2 is 1.37 bits per heavy atom. The molecular formula is C21H17ClN2O3. The first kappa shape index (κ1) is 18.5. The van der Waals surface area contributed by atoms with Gasteiger partial charge in [-0.05, 0) is 60.7 Å². The van der Waals surface area contributed by atoms with Crippen LogP contribution in [0.25, 0.3) is 0 Å². The molecule has 0 unspecified atom stereocenters. The van der Waals surface area contributed by atoms with Crippen molar-refractivity contribution in [2.45, 2.75) is 0 Å². The summed E-state index contributed by atoms with van der Waals surface area (Å²) in [4.78, 5) is 24.7. The van der Waals surface area contributed by atoms with Crippen molar-refractivity contribution >= 4 is 34.8 Å². The molecule has 0 radical (unpaired) electrons. The molecule has 3 aromatic rings. The van der Waals surface area contributed by atoms with Crippen LogP contribution >= 0.6 is 11.6 Å². The van der Waals surface area contributed by atoms with Gasteiger partial charge in [0.2, 0.25) is 0 Å². The van der Waals surface area contributed by atoms with E-state index in [1.165, 1.54) is 0 Å².